The molecule has 0 aliphatic carbocycles. The van der Waals surface area contributed by atoms with Crippen molar-refractivity contribution < 1.29 is 29.0 Å². The summed E-state index contributed by atoms with van der Waals surface area (Å²) in [5.41, 5.74) is 0.953. The van der Waals surface area contributed by atoms with E-state index in [4.69, 9.17) is 4.74 Å². The molecule has 2 aromatic rings. The van der Waals surface area contributed by atoms with Gasteiger partial charge in [0.05, 0.1) is 13.7 Å². The summed E-state index contributed by atoms with van der Waals surface area (Å²) in [4.78, 5) is 50.4. The van der Waals surface area contributed by atoms with Crippen molar-refractivity contribution in [1.82, 2.24) is 20.9 Å². The third-order valence-corrected chi connectivity index (χ3v) is 4.81. The molecule has 1 aliphatic rings. The summed E-state index contributed by atoms with van der Waals surface area (Å²) in [6.07, 6.45) is 0.529. The minimum Gasteiger partial charge on any atom is -0.496 e. The molecule has 1 aromatic carbocycles. The molecule has 0 saturated carbocycles. The highest BCUT2D eigenvalue weighted by molar-refractivity contribution is 6.01. The Morgan fingerprint density at radius 2 is 2.14 bits per heavy atom. The van der Waals surface area contributed by atoms with Crippen LogP contribution in [0.15, 0.2) is 24.3 Å². The van der Waals surface area contributed by atoms with E-state index in [9.17, 15) is 24.3 Å². The Bertz CT molecular complexity index is 953. The molecule has 1 saturated heterocycles. The lowest BCUT2D eigenvalue weighted by Crippen LogP contribution is -2.46. The average molecular weight is 402 g/mol. The fraction of sp³-hybridized carbons (Fsp3) is 0.368. The molecule has 154 valence electrons. The first kappa shape index (κ1) is 20.2. The van der Waals surface area contributed by atoms with Gasteiger partial charge in [-0.25, -0.2) is 4.79 Å². The highest BCUT2D eigenvalue weighted by Gasteiger charge is 2.31. The number of hydrogen-bond donors (Lipinski definition) is 5. The Hall–Kier alpha value is -3.56. The molecule has 2 atom stereocenters. The van der Waals surface area contributed by atoms with Gasteiger partial charge in [-0.1, -0.05) is 6.07 Å². The van der Waals surface area contributed by atoms with Crippen molar-refractivity contribution in [1.29, 1.82) is 0 Å². The second kappa shape index (κ2) is 8.63. The maximum Gasteiger partial charge on any atom is 0.326 e. The van der Waals surface area contributed by atoms with Crippen LogP contribution in [0.25, 0.3) is 10.9 Å². The van der Waals surface area contributed by atoms with Crippen LogP contribution in [0.2, 0.25) is 0 Å². The third-order valence-electron chi connectivity index (χ3n) is 4.81. The van der Waals surface area contributed by atoms with Gasteiger partial charge in [0.25, 0.3) is 5.91 Å². The number of methoxy groups -OCH3 is 1. The quantitative estimate of drug-likeness (QED) is 0.420. The summed E-state index contributed by atoms with van der Waals surface area (Å²) in [7, 11) is 1.53. The van der Waals surface area contributed by atoms with Crippen molar-refractivity contribution in [3.05, 3.63) is 30.0 Å². The molecule has 1 aromatic heterocycles. The normalized spacial score (nSPS) is 16.9. The number of carboxylic acid groups (broad SMARTS) is 1. The van der Waals surface area contributed by atoms with Crippen LogP contribution in [0.4, 0.5) is 0 Å². The second-order valence-electron chi connectivity index (χ2n) is 6.76. The predicted molar refractivity (Wildman–Crippen MR) is 102 cm³/mol. The minimum absolute atomic E-state index is 0.00264. The number of amides is 3. The van der Waals surface area contributed by atoms with Crippen molar-refractivity contribution in [3.63, 3.8) is 0 Å². The number of aromatic amines is 1. The monoisotopic (exact) mass is 402 g/mol. The number of carboxylic acids is 1. The van der Waals surface area contributed by atoms with Gasteiger partial charge in [-0.15, -0.1) is 0 Å². The van der Waals surface area contributed by atoms with E-state index in [-0.39, 0.29) is 18.0 Å². The number of rotatable bonds is 8. The molecule has 10 nitrogen and oxygen atoms in total. The highest BCUT2D eigenvalue weighted by Crippen LogP contribution is 2.25. The number of carbonyl (C=O) groups is 4. The van der Waals surface area contributed by atoms with E-state index in [0.29, 0.717) is 24.2 Å². The van der Waals surface area contributed by atoms with Crippen LogP contribution < -0.4 is 20.7 Å². The molecular weight excluding hydrogens is 380 g/mol. The molecule has 5 N–H and O–H groups in total. The number of aromatic nitrogens is 1. The van der Waals surface area contributed by atoms with Gasteiger partial charge in [-0.05, 0) is 31.0 Å². The van der Waals surface area contributed by atoms with E-state index >= 15 is 0 Å². The third kappa shape index (κ3) is 4.65. The lowest BCUT2D eigenvalue weighted by atomic mass is 9.98. The maximum absolute atomic E-state index is 12.3. The van der Waals surface area contributed by atoms with Gasteiger partial charge in [0.15, 0.2) is 0 Å². The molecule has 0 radical (unpaired) electrons. The van der Waals surface area contributed by atoms with E-state index in [0.717, 1.165) is 5.39 Å². The standard InChI is InChI=1S/C19H22N4O6/c1-29-15-4-2-3-12-11(15)8-13(22-12)18(26)21-9-16(24)23-14(19(27)28)7-10-5-6-20-17(10)25/h2-4,8,10,14,22H,5-7,9H2,1H3,(H,20,25)(H,21,26)(H,23,24)(H,27,28). The molecule has 29 heavy (non-hydrogen) atoms. The van der Waals surface area contributed by atoms with E-state index in [1.54, 1.807) is 24.3 Å². The van der Waals surface area contributed by atoms with E-state index in [2.05, 4.69) is 20.9 Å². The first-order valence-electron chi connectivity index (χ1n) is 9.13. The molecule has 1 aliphatic heterocycles. The summed E-state index contributed by atoms with van der Waals surface area (Å²) < 4.78 is 5.25. The van der Waals surface area contributed by atoms with Crippen LogP contribution >= 0.6 is 0 Å². The average Bonchev–Trinajstić information content (AvgIpc) is 3.31. The lowest BCUT2D eigenvalue weighted by molar-refractivity contribution is -0.142. The molecule has 0 bridgehead atoms. The van der Waals surface area contributed by atoms with Crippen molar-refractivity contribution in [2.24, 2.45) is 5.92 Å². The first-order chi connectivity index (χ1) is 13.9. The maximum atomic E-state index is 12.3. The van der Waals surface area contributed by atoms with Crippen molar-refractivity contribution in [2.75, 3.05) is 20.2 Å². The highest BCUT2D eigenvalue weighted by atomic mass is 16.5. The van der Waals surface area contributed by atoms with Crippen LogP contribution in [-0.4, -0.2) is 60.0 Å². The molecule has 3 amide bonds. The van der Waals surface area contributed by atoms with Gasteiger partial charge in [-0.3, -0.25) is 14.4 Å². The Morgan fingerprint density at radius 1 is 1.34 bits per heavy atom. The van der Waals surface area contributed by atoms with Crippen LogP contribution in [0.5, 0.6) is 5.75 Å². The topological polar surface area (TPSA) is 150 Å². The van der Waals surface area contributed by atoms with Crippen molar-refractivity contribution in [3.8, 4) is 5.75 Å². The lowest BCUT2D eigenvalue weighted by Gasteiger charge is -2.17. The Kier molecular flexibility index (Phi) is 6.01. The summed E-state index contributed by atoms with van der Waals surface area (Å²) in [6.45, 7) is 0.0983. The largest absolute Gasteiger partial charge is 0.496 e. The Morgan fingerprint density at radius 3 is 2.79 bits per heavy atom. The predicted octanol–water partition coefficient (Wildman–Crippen LogP) is 0.00190. The zero-order valence-electron chi connectivity index (χ0n) is 15.8. The number of nitrogens with one attached hydrogen (secondary N) is 4. The zero-order valence-corrected chi connectivity index (χ0v) is 15.8. The SMILES string of the molecule is COc1cccc2[nH]c(C(=O)NCC(=O)NC(CC3CCNC3=O)C(=O)O)cc12. The van der Waals surface area contributed by atoms with Gasteiger partial charge in [0.1, 0.15) is 17.5 Å². The number of hydrogen-bond acceptors (Lipinski definition) is 5. The molecule has 0 spiro atoms. The van der Waals surface area contributed by atoms with Crippen LogP contribution in [-0.2, 0) is 14.4 Å². The number of carbonyl (C=O) groups excluding carboxylic acids is 3. The summed E-state index contributed by atoms with van der Waals surface area (Å²) in [5.74, 6) is -2.46. The number of aliphatic carboxylic acids is 1. The minimum atomic E-state index is -1.23. The zero-order chi connectivity index (χ0) is 21.0. The number of benzene rings is 1. The molecule has 3 rings (SSSR count). The van der Waals surface area contributed by atoms with Gasteiger partial charge in [0, 0.05) is 23.4 Å². The van der Waals surface area contributed by atoms with Crippen LogP contribution in [0.1, 0.15) is 23.3 Å². The smallest absolute Gasteiger partial charge is 0.326 e. The van der Waals surface area contributed by atoms with Gasteiger partial charge in [0.2, 0.25) is 11.8 Å². The molecule has 10 heteroatoms. The van der Waals surface area contributed by atoms with Crippen LogP contribution in [0, 0.1) is 5.92 Å². The number of ether oxygens (including phenoxy) is 1. The van der Waals surface area contributed by atoms with Crippen LogP contribution in [0.3, 0.4) is 0 Å². The summed E-state index contributed by atoms with van der Waals surface area (Å²) >= 11 is 0. The summed E-state index contributed by atoms with van der Waals surface area (Å²) in [6, 6.07) is 5.74. The van der Waals surface area contributed by atoms with E-state index in [1.165, 1.54) is 7.11 Å². The van der Waals surface area contributed by atoms with Gasteiger partial charge >= 0.3 is 5.97 Å². The fourth-order valence-electron chi connectivity index (χ4n) is 3.30. The molecule has 1 fully saturated rings. The van der Waals surface area contributed by atoms with E-state index < -0.39 is 36.3 Å². The molecule has 2 heterocycles. The first-order valence-corrected chi connectivity index (χ1v) is 9.13. The molecule has 2 unspecified atom stereocenters. The second-order valence-corrected chi connectivity index (χ2v) is 6.76. The Labute approximate surface area is 166 Å². The van der Waals surface area contributed by atoms with Gasteiger partial charge in [-0.2, -0.15) is 0 Å². The molecular formula is C19H22N4O6. The number of fused-ring (bicyclic) bond motifs is 1. The Balaban J connectivity index is 1.57. The van der Waals surface area contributed by atoms with E-state index in [1.807, 2.05) is 0 Å². The van der Waals surface area contributed by atoms with Crippen molar-refractivity contribution >= 4 is 34.6 Å². The van der Waals surface area contributed by atoms with Crippen molar-refractivity contribution in [2.45, 2.75) is 18.9 Å². The summed E-state index contributed by atoms with van der Waals surface area (Å²) in [5, 5.41) is 17.5. The number of H-pyrrole nitrogens is 1. The van der Waals surface area contributed by atoms with Gasteiger partial charge < -0.3 is 30.8 Å². The fourth-order valence-corrected chi connectivity index (χ4v) is 3.30.